The van der Waals surface area contributed by atoms with Crippen molar-refractivity contribution in [3.8, 4) is 0 Å². The highest BCUT2D eigenvalue weighted by Gasteiger charge is 2.60. The lowest BCUT2D eigenvalue weighted by molar-refractivity contribution is -0.416. The van der Waals surface area contributed by atoms with Gasteiger partial charge in [0.15, 0.2) is 25.2 Å². The number of aliphatic hydroxyl groups is 1. The van der Waals surface area contributed by atoms with Crippen molar-refractivity contribution in [1.82, 2.24) is 0 Å². The van der Waals surface area contributed by atoms with Crippen LogP contribution in [-0.4, -0.2) is 174 Å². The fourth-order valence-corrected chi connectivity index (χ4v) is 17.4. The van der Waals surface area contributed by atoms with E-state index in [2.05, 4.69) is 0 Å². The minimum atomic E-state index is -1.67. The number of rotatable bonds is 53. The summed E-state index contributed by atoms with van der Waals surface area (Å²) in [7, 11) is 1.39. The van der Waals surface area contributed by atoms with Gasteiger partial charge >= 0.3 is 5.97 Å². The molecule has 0 amide bonds. The highest BCUT2D eigenvalue weighted by molar-refractivity contribution is 5.69. The molecule has 0 aliphatic carbocycles. The zero-order valence-corrected chi connectivity index (χ0v) is 78.0. The molecule has 23 nitrogen and oxygen atoms in total. The minimum Gasteiger partial charge on any atom is -0.469 e. The van der Waals surface area contributed by atoms with Gasteiger partial charge in [0.1, 0.15) is 97.7 Å². The Morgan fingerprint density at radius 3 is 0.681 bits per heavy atom. The van der Waals surface area contributed by atoms with Crippen molar-refractivity contribution >= 4 is 5.97 Å². The number of ether oxygens (including phenoxy) is 21. The van der Waals surface area contributed by atoms with Gasteiger partial charge in [-0.3, -0.25) is 4.79 Å². The predicted molar refractivity (Wildman–Crippen MR) is 516 cm³/mol. The number of hydrogen-bond acceptors (Lipinski definition) is 23. The van der Waals surface area contributed by atoms with E-state index in [0.29, 0.717) is 19.3 Å². The zero-order valence-electron chi connectivity index (χ0n) is 78.0. The summed E-state index contributed by atoms with van der Waals surface area (Å²) in [5.41, 5.74) is 10.4. The van der Waals surface area contributed by atoms with Crippen LogP contribution in [0.15, 0.2) is 364 Å². The third-order valence-corrected chi connectivity index (χ3v) is 24.7. The summed E-state index contributed by atoms with van der Waals surface area (Å²) in [6, 6.07) is 118. The summed E-state index contributed by atoms with van der Waals surface area (Å²) in [6.07, 6.45) is -23.4. The average molecular weight is 1880 g/mol. The molecule has 0 bridgehead atoms. The lowest BCUT2D eigenvalue weighted by Gasteiger charge is -2.52. The Morgan fingerprint density at radius 2 is 0.428 bits per heavy atom. The third kappa shape index (κ3) is 30.4. The summed E-state index contributed by atoms with van der Waals surface area (Å²) < 4.78 is 154. The van der Waals surface area contributed by atoms with Crippen LogP contribution < -0.4 is 0 Å². The van der Waals surface area contributed by atoms with Gasteiger partial charge in [-0.15, -0.1) is 0 Å². The molecule has 23 heteroatoms. The van der Waals surface area contributed by atoms with Crippen LogP contribution in [0.4, 0.5) is 0 Å². The first-order valence-electron chi connectivity index (χ1n) is 47.9. The first kappa shape index (κ1) is 100. The summed E-state index contributed by atoms with van der Waals surface area (Å²) in [5, 5.41) is 13.9. The number of aliphatic hydroxyl groups excluding tert-OH is 1. The van der Waals surface area contributed by atoms with E-state index >= 15 is 0 Å². The molecule has 4 saturated heterocycles. The molecule has 16 rings (SSSR count). The fourth-order valence-electron chi connectivity index (χ4n) is 17.4. The highest BCUT2D eigenvalue weighted by atomic mass is 16.8. The Labute approximate surface area is 809 Å². The van der Waals surface area contributed by atoms with E-state index in [1.54, 1.807) is 0 Å². The number of carbonyl (C=O) groups is 1. The van der Waals surface area contributed by atoms with Crippen LogP contribution >= 0.6 is 0 Å². The van der Waals surface area contributed by atoms with E-state index in [4.69, 9.17) is 99.5 Å². The van der Waals surface area contributed by atoms with E-state index < -0.39 is 123 Å². The van der Waals surface area contributed by atoms with Crippen molar-refractivity contribution in [2.24, 2.45) is 0 Å². The molecule has 20 atom stereocenters. The first-order valence-corrected chi connectivity index (χ1v) is 47.9. The van der Waals surface area contributed by atoms with Gasteiger partial charge in [0.2, 0.25) is 0 Å². The largest absolute Gasteiger partial charge is 0.469 e. The van der Waals surface area contributed by atoms with Crippen molar-refractivity contribution in [2.75, 3.05) is 40.1 Å². The average Bonchev–Trinajstić information content (AvgIpc) is 0.755. The second-order valence-corrected chi connectivity index (χ2v) is 34.8. The Kier molecular flexibility index (Phi) is 39.8. The van der Waals surface area contributed by atoms with Crippen molar-refractivity contribution < 1.29 is 109 Å². The molecule has 12 aromatic carbocycles. The number of carbonyl (C=O) groups excluding carboxylic acids is 1. The van der Waals surface area contributed by atoms with Gasteiger partial charge in [0.05, 0.1) is 113 Å². The normalized spacial score (nSPS) is 24.9. The maximum Gasteiger partial charge on any atom is 0.305 e. The molecule has 724 valence electrons. The minimum absolute atomic E-state index is 0.00518. The van der Waals surface area contributed by atoms with Crippen LogP contribution in [0.2, 0.25) is 0 Å². The van der Waals surface area contributed by atoms with E-state index in [9.17, 15) is 9.90 Å². The van der Waals surface area contributed by atoms with Crippen LogP contribution in [0.25, 0.3) is 0 Å². The van der Waals surface area contributed by atoms with Crippen molar-refractivity contribution in [1.29, 1.82) is 0 Å². The molecule has 0 spiro atoms. The number of hydrogen-bond donors (Lipinski definition) is 1. The molecule has 12 aromatic rings. The Morgan fingerprint density at radius 1 is 0.225 bits per heavy atom. The summed E-state index contributed by atoms with van der Waals surface area (Å²) >= 11 is 0. The van der Waals surface area contributed by atoms with E-state index in [1.807, 2.05) is 364 Å². The van der Waals surface area contributed by atoms with E-state index in [-0.39, 0.29) is 125 Å². The second kappa shape index (κ2) is 54.7. The van der Waals surface area contributed by atoms with Crippen molar-refractivity contribution in [3.05, 3.63) is 431 Å². The first-order chi connectivity index (χ1) is 68.2. The van der Waals surface area contributed by atoms with E-state index in [0.717, 1.165) is 66.8 Å². The molecular formula is C115H126O23. The smallest absolute Gasteiger partial charge is 0.305 e. The molecule has 0 unspecified atom stereocenters. The third-order valence-electron chi connectivity index (χ3n) is 24.7. The van der Waals surface area contributed by atoms with Crippen molar-refractivity contribution in [3.63, 3.8) is 0 Å². The van der Waals surface area contributed by atoms with Gasteiger partial charge < -0.3 is 105 Å². The van der Waals surface area contributed by atoms with Gasteiger partial charge in [-0.25, -0.2) is 0 Å². The maximum atomic E-state index is 13.9. The van der Waals surface area contributed by atoms with E-state index in [1.165, 1.54) is 7.11 Å². The van der Waals surface area contributed by atoms with Gasteiger partial charge in [0.25, 0.3) is 0 Å². The molecule has 4 aliphatic rings. The number of benzene rings is 12. The molecule has 4 aliphatic heterocycles. The van der Waals surface area contributed by atoms with Crippen LogP contribution in [0.1, 0.15) is 92.4 Å². The van der Waals surface area contributed by atoms with Crippen LogP contribution in [-0.2, 0) is 184 Å². The van der Waals surface area contributed by atoms with Gasteiger partial charge in [-0.05, 0) is 79.6 Å². The second-order valence-electron chi connectivity index (χ2n) is 34.8. The Balaban J connectivity index is 0.877. The lowest BCUT2D eigenvalue weighted by Crippen LogP contribution is -2.69. The number of esters is 1. The summed E-state index contributed by atoms with van der Waals surface area (Å²) in [4.78, 5) is 12.7. The molecular weight excluding hydrogens is 1750 g/mol. The number of unbranched alkanes of at least 4 members (excludes halogenated alkanes) is 2. The standard InChI is InChI=1S/C115H126O23/c1-118-99(116)65-39-14-40-66-123-113-109(106(129-76-92-59-33-11-34-60-92)102(125-72-88-51-25-7-26-52-88)96(133-113)80-120-68-84-43-17-3-18-44-84)137-115-111(108(131-78-94-63-37-13-38-64-94)104(127-74-90-55-29-9-30-56-90)98(135-115)82-122-70-86-47-21-5-22-48-86)138-114-110(107(130-77-93-61-35-12-36-62-93)103(126-73-89-53-27-8-28-54-89)97(134-114)81-121-69-85-45-19-4-20-46-85)136-112-100(117)105(128-75-91-57-31-10-32-58-91)101(124-71-87-49-23-6-24-50-87)95(132-112)79-119-67-83-41-15-2-16-42-83/h2-13,15-38,41-64,95-98,100-115,117H,14,39-40,65-82H2,1H3/t95-,96-,97-,98-,100-,101-,102-,103-,104-,105-,106+,107+,108+,109+,110+,111+,112+,113+,114+,115+/m1/s1. The highest BCUT2D eigenvalue weighted by Crippen LogP contribution is 2.42. The fraction of sp³-hybridized carbons (Fsp3) is 0.365. The SMILES string of the molecule is COC(=O)CCCCCO[C@H]1O[C@H](COCc2ccccc2)[C@@H](OCc2ccccc2)[C@H](OCc2ccccc2)[C@@H]1O[C@@H]1O[C@H](COCc2ccccc2)[C@@H](OCc2ccccc2)[C@H](OCc2ccccc2)[C@@H]1O[C@@H]1O[C@H](COCc2ccccc2)[C@@H](OCc2ccccc2)[C@H](OCc2ccccc2)[C@@H]1O[C@@H]1O[C@H](COCc2ccccc2)[C@@H](OCc2ccccc2)[C@H](OCc2ccccc2)[C@H]1O. The van der Waals surface area contributed by atoms with Gasteiger partial charge in [-0.1, -0.05) is 370 Å². The molecule has 0 aromatic heterocycles. The Bertz CT molecular complexity index is 5320. The quantitative estimate of drug-likeness (QED) is 0.0276. The van der Waals surface area contributed by atoms with Crippen molar-refractivity contribution in [2.45, 2.75) is 228 Å². The molecule has 4 heterocycles. The zero-order chi connectivity index (χ0) is 94.2. The molecule has 0 saturated carbocycles. The molecule has 1 N–H and O–H groups in total. The summed E-state index contributed by atoms with van der Waals surface area (Å²) in [5.74, 6) is -0.315. The van der Waals surface area contributed by atoms with Gasteiger partial charge in [-0.2, -0.15) is 0 Å². The molecule has 138 heavy (non-hydrogen) atoms. The predicted octanol–water partition coefficient (Wildman–Crippen LogP) is 18.7. The molecule has 0 radical (unpaired) electrons. The maximum absolute atomic E-state index is 13.9. The Hall–Kier alpha value is -10.7. The van der Waals surface area contributed by atoms with Crippen LogP contribution in [0.5, 0.6) is 0 Å². The monoisotopic (exact) mass is 1870 g/mol. The van der Waals surface area contributed by atoms with Crippen LogP contribution in [0, 0.1) is 0 Å². The van der Waals surface area contributed by atoms with Gasteiger partial charge in [0, 0.05) is 13.0 Å². The lowest BCUT2D eigenvalue weighted by atomic mass is 9.94. The summed E-state index contributed by atoms with van der Waals surface area (Å²) in [6.45, 7) is 1.09. The number of methoxy groups -OCH3 is 1. The topological polar surface area (TPSA) is 231 Å². The van der Waals surface area contributed by atoms with Crippen LogP contribution in [0.3, 0.4) is 0 Å². The molecule has 4 fully saturated rings.